The number of para-hydroxylation sites is 1. The molecule has 0 fully saturated rings. The number of anilines is 1. The Morgan fingerprint density at radius 3 is 2.29 bits per heavy atom. The molecule has 1 amide bonds. The molecule has 1 N–H and O–H groups in total. The highest BCUT2D eigenvalue weighted by Crippen LogP contribution is 2.39. The molecule has 6 nitrogen and oxygen atoms in total. The van der Waals surface area contributed by atoms with E-state index in [9.17, 15) is 13.2 Å². The van der Waals surface area contributed by atoms with Crippen LogP contribution in [0, 0.1) is 0 Å². The lowest BCUT2D eigenvalue weighted by Gasteiger charge is -2.38. The van der Waals surface area contributed by atoms with Gasteiger partial charge in [-0.05, 0) is 55.7 Å². The van der Waals surface area contributed by atoms with Crippen molar-refractivity contribution < 1.29 is 17.9 Å². The van der Waals surface area contributed by atoms with Crippen LogP contribution in [0.25, 0.3) is 0 Å². The van der Waals surface area contributed by atoms with E-state index >= 15 is 0 Å². The van der Waals surface area contributed by atoms with Crippen molar-refractivity contribution in [1.29, 1.82) is 0 Å². The SMILES string of the molecule is CC(C)c1ccc(N(CC(=O)NC2CC(C)(C)Oc3ccccc32)S(=O)(=O)c2ccccc2)cc1. The molecule has 0 spiro atoms. The van der Waals surface area contributed by atoms with Gasteiger partial charge >= 0.3 is 0 Å². The number of hydrogen-bond acceptors (Lipinski definition) is 4. The Kier molecular flexibility index (Phi) is 6.90. The van der Waals surface area contributed by atoms with E-state index in [1.807, 2.05) is 50.2 Å². The highest BCUT2D eigenvalue weighted by molar-refractivity contribution is 7.92. The number of sulfonamides is 1. The molecule has 3 aromatic rings. The van der Waals surface area contributed by atoms with Gasteiger partial charge in [0.1, 0.15) is 17.9 Å². The summed E-state index contributed by atoms with van der Waals surface area (Å²) in [6.07, 6.45) is 0.574. The number of carbonyl (C=O) groups excluding carboxylic acids is 1. The smallest absolute Gasteiger partial charge is 0.264 e. The lowest BCUT2D eigenvalue weighted by Crippen LogP contribution is -2.45. The van der Waals surface area contributed by atoms with Crippen LogP contribution >= 0.6 is 0 Å². The third-order valence-electron chi connectivity index (χ3n) is 6.18. The molecule has 1 atom stereocenters. The first-order valence-corrected chi connectivity index (χ1v) is 13.3. The summed E-state index contributed by atoms with van der Waals surface area (Å²) in [5, 5.41) is 3.06. The molecule has 0 bridgehead atoms. The molecule has 35 heavy (non-hydrogen) atoms. The van der Waals surface area contributed by atoms with Crippen molar-refractivity contribution in [1.82, 2.24) is 5.32 Å². The van der Waals surface area contributed by atoms with Crippen molar-refractivity contribution >= 4 is 21.6 Å². The van der Waals surface area contributed by atoms with Crippen LogP contribution in [0.3, 0.4) is 0 Å². The van der Waals surface area contributed by atoms with Crippen molar-refractivity contribution in [2.45, 2.75) is 56.6 Å². The van der Waals surface area contributed by atoms with Gasteiger partial charge in [-0.3, -0.25) is 9.10 Å². The largest absolute Gasteiger partial charge is 0.487 e. The zero-order chi connectivity index (χ0) is 25.2. The Morgan fingerprint density at radius 1 is 1.00 bits per heavy atom. The van der Waals surface area contributed by atoms with Crippen molar-refractivity contribution in [3.8, 4) is 5.75 Å². The van der Waals surface area contributed by atoms with E-state index in [4.69, 9.17) is 4.74 Å². The highest BCUT2D eigenvalue weighted by Gasteiger charge is 2.35. The molecule has 1 heterocycles. The first-order valence-electron chi connectivity index (χ1n) is 11.8. The van der Waals surface area contributed by atoms with Gasteiger partial charge in [-0.25, -0.2) is 8.42 Å². The molecular formula is C28H32N2O4S. The summed E-state index contributed by atoms with van der Waals surface area (Å²) in [7, 11) is -3.96. The minimum absolute atomic E-state index is 0.137. The van der Waals surface area contributed by atoms with Gasteiger partial charge in [0, 0.05) is 12.0 Å². The average molecular weight is 493 g/mol. The van der Waals surface area contributed by atoms with Gasteiger partial charge in [-0.1, -0.05) is 62.4 Å². The molecule has 7 heteroatoms. The minimum Gasteiger partial charge on any atom is -0.487 e. The fourth-order valence-corrected chi connectivity index (χ4v) is 5.80. The predicted molar refractivity (Wildman–Crippen MR) is 138 cm³/mol. The molecule has 0 aromatic heterocycles. The van der Waals surface area contributed by atoms with Crippen LogP contribution in [-0.2, 0) is 14.8 Å². The van der Waals surface area contributed by atoms with Gasteiger partial charge in [0.2, 0.25) is 5.91 Å². The standard InChI is InChI=1S/C28H32N2O4S/c1-20(2)21-14-16-22(17-15-21)30(35(32,33)23-10-6-5-7-11-23)19-27(31)29-25-18-28(3,4)34-26-13-9-8-12-24(25)26/h5-17,20,25H,18-19H2,1-4H3,(H,29,31). The molecule has 0 radical (unpaired) electrons. The number of amides is 1. The summed E-state index contributed by atoms with van der Waals surface area (Å²) >= 11 is 0. The number of benzene rings is 3. The Labute approximate surface area is 208 Å². The molecule has 0 aliphatic carbocycles. The van der Waals surface area contributed by atoms with Gasteiger partial charge in [0.05, 0.1) is 16.6 Å². The molecule has 3 aromatic carbocycles. The Bertz CT molecular complexity index is 1290. The number of rotatable bonds is 7. The van der Waals surface area contributed by atoms with E-state index in [2.05, 4.69) is 19.2 Å². The average Bonchev–Trinajstić information content (AvgIpc) is 2.82. The van der Waals surface area contributed by atoms with Crippen LogP contribution in [-0.4, -0.2) is 26.5 Å². The summed E-state index contributed by atoms with van der Waals surface area (Å²) in [5.41, 5.74) is 1.96. The van der Waals surface area contributed by atoms with E-state index < -0.39 is 15.6 Å². The van der Waals surface area contributed by atoms with E-state index in [1.165, 1.54) is 4.31 Å². The third-order valence-corrected chi connectivity index (χ3v) is 7.97. The van der Waals surface area contributed by atoms with E-state index in [-0.39, 0.29) is 23.4 Å². The maximum absolute atomic E-state index is 13.6. The van der Waals surface area contributed by atoms with Crippen molar-refractivity contribution in [3.63, 3.8) is 0 Å². The number of fused-ring (bicyclic) bond motifs is 1. The lowest BCUT2D eigenvalue weighted by atomic mass is 9.89. The summed E-state index contributed by atoms with van der Waals surface area (Å²) in [6, 6.07) is 22.9. The highest BCUT2D eigenvalue weighted by atomic mass is 32.2. The normalized spacial score (nSPS) is 16.8. The maximum atomic E-state index is 13.6. The van der Waals surface area contributed by atoms with Crippen molar-refractivity contribution in [2.75, 3.05) is 10.8 Å². The second-order valence-electron chi connectivity index (χ2n) is 9.79. The minimum atomic E-state index is -3.96. The number of hydrogen-bond donors (Lipinski definition) is 1. The number of ether oxygens (including phenoxy) is 1. The van der Waals surface area contributed by atoms with Crippen molar-refractivity contribution in [3.05, 3.63) is 90.0 Å². The van der Waals surface area contributed by atoms with Gasteiger partial charge in [-0.15, -0.1) is 0 Å². The van der Waals surface area contributed by atoms with Gasteiger partial charge < -0.3 is 10.1 Å². The zero-order valence-corrected chi connectivity index (χ0v) is 21.4. The number of nitrogens with one attached hydrogen (secondary N) is 1. The van der Waals surface area contributed by atoms with E-state index in [0.29, 0.717) is 18.0 Å². The van der Waals surface area contributed by atoms with Gasteiger partial charge in [-0.2, -0.15) is 0 Å². The maximum Gasteiger partial charge on any atom is 0.264 e. The van der Waals surface area contributed by atoms with Gasteiger partial charge in [0.15, 0.2) is 0 Å². The van der Waals surface area contributed by atoms with Crippen LogP contribution in [0.2, 0.25) is 0 Å². The molecule has 184 valence electrons. The van der Waals surface area contributed by atoms with Crippen LogP contribution in [0.4, 0.5) is 5.69 Å². The summed E-state index contributed by atoms with van der Waals surface area (Å²) in [5.74, 6) is 0.658. The molecular weight excluding hydrogens is 460 g/mol. The van der Waals surface area contributed by atoms with Crippen molar-refractivity contribution in [2.24, 2.45) is 0 Å². The van der Waals surface area contributed by atoms with E-state index in [1.54, 1.807) is 42.5 Å². The molecule has 4 rings (SSSR count). The molecule has 1 unspecified atom stereocenters. The zero-order valence-electron chi connectivity index (χ0n) is 20.6. The van der Waals surface area contributed by atoms with Crippen LogP contribution in [0.5, 0.6) is 5.75 Å². The molecule has 0 saturated carbocycles. The Morgan fingerprint density at radius 2 is 1.63 bits per heavy atom. The number of nitrogens with zero attached hydrogens (tertiary/aromatic N) is 1. The van der Waals surface area contributed by atoms with Crippen LogP contribution < -0.4 is 14.4 Å². The molecule has 1 aliphatic rings. The number of carbonyl (C=O) groups is 1. The monoisotopic (exact) mass is 492 g/mol. The second-order valence-corrected chi connectivity index (χ2v) is 11.7. The van der Waals surface area contributed by atoms with Crippen LogP contribution in [0.1, 0.15) is 57.2 Å². The Hall–Kier alpha value is -3.32. The molecule has 0 saturated heterocycles. The summed E-state index contributed by atoms with van der Waals surface area (Å²) < 4.78 is 34.5. The fourth-order valence-electron chi connectivity index (χ4n) is 4.36. The predicted octanol–water partition coefficient (Wildman–Crippen LogP) is 5.42. The first-order chi connectivity index (χ1) is 16.6. The summed E-state index contributed by atoms with van der Waals surface area (Å²) in [6.45, 7) is 7.77. The lowest BCUT2D eigenvalue weighted by molar-refractivity contribution is -0.120. The van der Waals surface area contributed by atoms with E-state index in [0.717, 1.165) is 16.9 Å². The van der Waals surface area contributed by atoms with Gasteiger partial charge in [0.25, 0.3) is 10.0 Å². The third kappa shape index (κ3) is 5.51. The molecule has 1 aliphatic heterocycles. The first kappa shape index (κ1) is 24.8. The quantitative estimate of drug-likeness (QED) is 0.478. The van der Waals surface area contributed by atoms with Crippen LogP contribution in [0.15, 0.2) is 83.8 Å². The summed E-state index contributed by atoms with van der Waals surface area (Å²) in [4.78, 5) is 13.4. The second kappa shape index (κ2) is 9.74. The Balaban J connectivity index is 1.64. The fraction of sp³-hybridized carbons (Fsp3) is 0.321. The topological polar surface area (TPSA) is 75.7 Å².